The summed E-state index contributed by atoms with van der Waals surface area (Å²) >= 11 is 0. The number of ether oxygens (including phenoxy) is 5. The summed E-state index contributed by atoms with van der Waals surface area (Å²) in [4.78, 5) is 11.3. The molecule has 0 radical (unpaired) electrons. The predicted octanol–water partition coefficient (Wildman–Crippen LogP) is 0.300. The van der Waals surface area contributed by atoms with E-state index in [-0.39, 0.29) is 6.61 Å². The molecule has 0 N–H and O–H groups in total. The number of carbonyl (C=O) groups is 1. The van der Waals surface area contributed by atoms with Crippen molar-refractivity contribution >= 4 is 5.97 Å². The molecule has 0 aromatic heterocycles. The molecule has 0 saturated carbocycles. The van der Waals surface area contributed by atoms with Crippen molar-refractivity contribution in [3.05, 3.63) is 0 Å². The standard InChI is InChI=1S/C10H18O6/c1-9(13-4)10(2,14-5)16-7(6-15-9)8(11)12-3/h7H,6H2,1-5H3. The molecule has 6 nitrogen and oxygen atoms in total. The summed E-state index contributed by atoms with van der Waals surface area (Å²) in [6.45, 7) is 3.39. The van der Waals surface area contributed by atoms with E-state index in [9.17, 15) is 4.79 Å². The molecule has 0 bridgehead atoms. The van der Waals surface area contributed by atoms with Crippen LogP contribution in [0, 0.1) is 0 Å². The zero-order valence-electron chi connectivity index (χ0n) is 10.2. The largest absolute Gasteiger partial charge is 0.467 e. The van der Waals surface area contributed by atoms with Crippen LogP contribution >= 0.6 is 0 Å². The van der Waals surface area contributed by atoms with Gasteiger partial charge in [0, 0.05) is 14.2 Å². The van der Waals surface area contributed by atoms with Gasteiger partial charge in [0.2, 0.25) is 11.6 Å². The Morgan fingerprint density at radius 2 is 1.75 bits per heavy atom. The molecule has 16 heavy (non-hydrogen) atoms. The Morgan fingerprint density at radius 3 is 2.19 bits per heavy atom. The van der Waals surface area contributed by atoms with Gasteiger partial charge in [-0.15, -0.1) is 0 Å². The van der Waals surface area contributed by atoms with E-state index in [0.717, 1.165) is 0 Å². The van der Waals surface area contributed by atoms with Gasteiger partial charge >= 0.3 is 5.97 Å². The van der Waals surface area contributed by atoms with Crippen molar-refractivity contribution in [1.29, 1.82) is 0 Å². The van der Waals surface area contributed by atoms with E-state index in [1.807, 2.05) is 0 Å². The lowest BCUT2D eigenvalue weighted by molar-refractivity contribution is -0.427. The number of hydrogen-bond donors (Lipinski definition) is 0. The molecule has 0 aliphatic carbocycles. The van der Waals surface area contributed by atoms with Crippen LogP contribution in [-0.2, 0) is 28.5 Å². The Labute approximate surface area is 94.7 Å². The summed E-state index contributed by atoms with van der Waals surface area (Å²) < 4.78 is 26.1. The Bertz CT molecular complexity index is 268. The van der Waals surface area contributed by atoms with Gasteiger partial charge < -0.3 is 23.7 Å². The summed E-state index contributed by atoms with van der Waals surface area (Å²) in [5.74, 6) is -2.73. The molecule has 1 aliphatic heterocycles. The lowest BCUT2D eigenvalue weighted by Crippen LogP contribution is -2.63. The minimum Gasteiger partial charge on any atom is -0.467 e. The van der Waals surface area contributed by atoms with Gasteiger partial charge in [-0.2, -0.15) is 0 Å². The average molecular weight is 234 g/mol. The molecule has 0 amide bonds. The summed E-state index contributed by atoms with van der Waals surface area (Å²) in [6.07, 6.45) is -0.807. The van der Waals surface area contributed by atoms with Crippen molar-refractivity contribution in [2.75, 3.05) is 27.9 Å². The molecule has 1 aliphatic rings. The summed E-state index contributed by atoms with van der Waals surface area (Å²) in [7, 11) is 4.24. The van der Waals surface area contributed by atoms with Crippen molar-refractivity contribution < 1.29 is 28.5 Å². The number of hydrogen-bond acceptors (Lipinski definition) is 6. The first kappa shape index (κ1) is 13.4. The molecule has 6 heteroatoms. The highest BCUT2D eigenvalue weighted by molar-refractivity contribution is 5.74. The van der Waals surface area contributed by atoms with Crippen LogP contribution in [0.4, 0.5) is 0 Å². The van der Waals surface area contributed by atoms with Crippen LogP contribution in [0.5, 0.6) is 0 Å². The maximum absolute atomic E-state index is 11.3. The lowest BCUT2D eigenvalue weighted by Gasteiger charge is -2.48. The molecule has 1 rings (SSSR count). The van der Waals surface area contributed by atoms with Gasteiger partial charge in [-0.05, 0) is 13.8 Å². The first-order valence-corrected chi connectivity index (χ1v) is 4.92. The number of methoxy groups -OCH3 is 3. The molecular weight excluding hydrogens is 216 g/mol. The van der Waals surface area contributed by atoms with Gasteiger partial charge in [0.05, 0.1) is 13.7 Å². The molecule has 3 atom stereocenters. The minimum atomic E-state index is -1.17. The maximum atomic E-state index is 11.3. The average Bonchev–Trinajstić information content (AvgIpc) is 2.31. The molecule has 1 saturated heterocycles. The van der Waals surface area contributed by atoms with Gasteiger partial charge in [-0.25, -0.2) is 4.79 Å². The Morgan fingerprint density at radius 1 is 1.19 bits per heavy atom. The van der Waals surface area contributed by atoms with Gasteiger partial charge in [0.1, 0.15) is 0 Å². The quantitative estimate of drug-likeness (QED) is 0.654. The van der Waals surface area contributed by atoms with E-state index < -0.39 is 23.6 Å². The van der Waals surface area contributed by atoms with Gasteiger partial charge in [-0.1, -0.05) is 0 Å². The van der Waals surface area contributed by atoms with Crippen LogP contribution in [0.2, 0.25) is 0 Å². The highest BCUT2D eigenvalue weighted by Gasteiger charge is 2.54. The highest BCUT2D eigenvalue weighted by atomic mass is 16.8. The van der Waals surface area contributed by atoms with Crippen molar-refractivity contribution in [3.63, 3.8) is 0 Å². The number of esters is 1. The second kappa shape index (κ2) is 4.67. The van der Waals surface area contributed by atoms with Gasteiger partial charge in [-0.3, -0.25) is 0 Å². The van der Waals surface area contributed by atoms with E-state index in [1.165, 1.54) is 21.3 Å². The van der Waals surface area contributed by atoms with Crippen LogP contribution in [0.3, 0.4) is 0 Å². The van der Waals surface area contributed by atoms with Gasteiger partial charge in [0.25, 0.3) is 0 Å². The van der Waals surface area contributed by atoms with Crippen molar-refractivity contribution in [2.45, 2.75) is 31.5 Å². The third kappa shape index (κ3) is 2.06. The Balaban J connectivity index is 2.86. The monoisotopic (exact) mass is 234 g/mol. The Kier molecular flexibility index (Phi) is 3.90. The molecule has 0 aromatic carbocycles. The van der Waals surface area contributed by atoms with E-state index in [2.05, 4.69) is 4.74 Å². The van der Waals surface area contributed by atoms with Crippen molar-refractivity contribution in [1.82, 2.24) is 0 Å². The van der Waals surface area contributed by atoms with Crippen LogP contribution in [0.15, 0.2) is 0 Å². The first-order chi connectivity index (χ1) is 7.42. The second-order valence-corrected chi connectivity index (χ2v) is 3.74. The zero-order chi connectivity index (χ0) is 12.4. The summed E-state index contributed by atoms with van der Waals surface area (Å²) in [5, 5.41) is 0. The van der Waals surface area contributed by atoms with E-state index in [0.29, 0.717) is 0 Å². The molecular formula is C10H18O6. The smallest absolute Gasteiger partial charge is 0.337 e. The zero-order valence-corrected chi connectivity index (χ0v) is 10.2. The van der Waals surface area contributed by atoms with Crippen LogP contribution < -0.4 is 0 Å². The topological polar surface area (TPSA) is 63.2 Å². The number of carbonyl (C=O) groups excluding carboxylic acids is 1. The molecule has 0 aromatic rings. The summed E-state index contributed by atoms with van der Waals surface area (Å²) in [5.41, 5.74) is 0. The molecule has 94 valence electrons. The molecule has 1 heterocycles. The van der Waals surface area contributed by atoms with Crippen LogP contribution in [0.25, 0.3) is 0 Å². The lowest BCUT2D eigenvalue weighted by atomic mass is 10.1. The van der Waals surface area contributed by atoms with Crippen LogP contribution in [-0.4, -0.2) is 51.6 Å². The first-order valence-electron chi connectivity index (χ1n) is 4.92. The minimum absolute atomic E-state index is 0.0654. The van der Waals surface area contributed by atoms with Crippen LogP contribution in [0.1, 0.15) is 13.8 Å². The predicted molar refractivity (Wildman–Crippen MR) is 53.7 cm³/mol. The van der Waals surface area contributed by atoms with Gasteiger partial charge in [0.15, 0.2) is 6.10 Å². The van der Waals surface area contributed by atoms with Crippen molar-refractivity contribution in [2.24, 2.45) is 0 Å². The van der Waals surface area contributed by atoms with E-state index >= 15 is 0 Å². The van der Waals surface area contributed by atoms with E-state index in [4.69, 9.17) is 18.9 Å². The number of rotatable bonds is 3. The third-order valence-corrected chi connectivity index (χ3v) is 2.95. The maximum Gasteiger partial charge on any atom is 0.337 e. The molecule has 0 spiro atoms. The fraction of sp³-hybridized carbons (Fsp3) is 0.900. The fourth-order valence-corrected chi connectivity index (χ4v) is 1.50. The fourth-order valence-electron chi connectivity index (χ4n) is 1.50. The summed E-state index contributed by atoms with van der Waals surface area (Å²) in [6, 6.07) is 0. The third-order valence-electron chi connectivity index (χ3n) is 2.95. The van der Waals surface area contributed by atoms with E-state index in [1.54, 1.807) is 13.8 Å². The molecule has 1 fully saturated rings. The normalized spacial score (nSPS) is 39.4. The Hall–Kier alpha value is -0.690. The second-order valence-electron chi connectivity index (χ2n) is 3.74. The highest BCUT2D eigenvalue weighted by Crippen LogP contribution is 2.36. The molecule has 3 unspecified atom stereocenters. The SMILES string of the molecule is COC(=O)C1COC(C)(OC)C(C)(OC)O1. The van der Waals surface area contributed by atoms with Crippen molar-refractivity contribution in [3.8, 4) is 0 Å².